The fourth-order valence-corrected chi connectivity index (χ4v) is 3.85. The largest absolute Gasteiger partial charge is 0.455 e. The highest BCUT2D eigenvalue weighted by atomic mass is 16.4. The Labute approximate surface area is 186 Å². The Kier molecular flexibility index (Phi) is 6.49. The smallest absolute Gasteiger partial charge is 0.287 e. The molecule has 3 aromatic rings. The molecule has 4 rings (SSSR count). The van der Waals surface area contributed by atoms with Gasteiger partial charge in [-0.2, -0.15) is 5.10 Å². The summed E-state index contributed by atoms with van der Waals surface area (Å²) in [6, 6.07) is 7.33. The van der Waals surface area contributed by atoms with Gasteiger partial charge in [-0.05, 0) is 45.2 Å². The third-order valence-corrected chi connectivity index (χ3v) is 5.58. The summed E-state index contributed by atoms with van der Waals surface area (Å²) < 4.78 is 7.88. The van der Waals surface area contributed by atoms with Crippen molar-refractivity contribution in [2.24, 2.45) is 5.10 Å². The van der Waals surface area contributed by atoms with E-state index in [2.05, 4.69) is 20.8 Å². The summed E-state index contributed by atoms with van der Waals surface area (Å²) in [6.07, 6.45) is 8.49. The molecule has 1 aromatic carbocycles. The van der Waals surface area contributed by atoms with Gasteiger partial charge < -0.3 is 14.3 Å². The maximum Gasteiger partial charge on any atom is 0.287 e. The molecule has 2 amide bonds. The number of furan rings is 1. The Balaban J connectivity index is 1.42. The Bertz CT molecular complexity index is 1130. The molecule has 2 heterocycles. The molecule has 0 saturated carbocycles. The summed E-state index contributed by atoms with van der Waals surface area (Å²) in [5.74, 6) is 0.574. The fourth-order valence-electron chi connectivity index (χ4n) is 3.85. The Hall–Kier alpha value is -3.68. The predicted molar refractivity (Wildman–Crippen MR) is 121 cm³/mol. The lowest BCUT2D eigenvalue weighted by molar-refractivity contribution is 0.0920. The molecule has 0 spiro atoms. The van der Waals surface area contributed by atoms with Gasteiger partial charge in [-0.15, -0.1) is 0 Å². The van der Waals surface area contributed by atoms with Crippen LogP contribution in [0.3, 0.4) is 0 Å². The average Bonchev–Trinajstić information content (AvgIpc) is 3.43. The first kappa shape index (κ1) is 21.5. The topological polar surface area (TPSA) is 102 Å². The van der Waals surface area contributed by atoms with Gasteiger partial charge in [0, 0.05) is 48.6 Å². The molecule has 2 N–H and O–H groups in total. The van der Waals surface area contributed by atoms with Crippen molar-refractivity contribution in [1.29, 1.82) is 0 Å². The molecular formula is C24H27N5O3. The average molecular weight is 434 g/mol. The zero-order chi connectivity index (χ0) is 22.5. The third kappa shape index (κ3) is 4.80. The number of carbonyl (C=O) groups is 2. The van der Waals surface area contributed by atoms with Crippen molar-refractivity contribution in [3.8, 4) is 0 Å². The number of rotatable bonds is 7. The quantitative estimate of drug-likeness (QED) is 0.440. The number of benzene rings is 1. The van der Waals surface area contributed by atoms with Gasteiger partial charge in [-0.3, -0.25) is 9.59 Å². The van der Waals surface area contributed by atoms with Crippen molar-refractivity contribution in [3.05, 3.63) is 76.8 Å². The van der Waals surface area contributed by atoms with Gasteiger partial charge in [0.15, 0.2) is 5.76 Å². The Morgan fingerprint density at radius 2 is 1.97 bits per heavy atom. The van der Waals surface area contributed by atoms with Gasteiger partial charge in [0.2, 0.25) is 0 Å². The lowest BCUT2D eigenvalue weighted by Gasteiger charge is -2.13. The van der Waals surface area contributed by atoms with Crippen LogP contribution in [0, 0.1) is 13.8 Å². The van der Waals surface area contributed by atoms with Gasteiger partial charge in [0.25, 0.3) is 11.8 Å². The fraction of sp³-hybridized carbons (Fsp3) is 0.333. The van der Waals surface area contributed by atoms with E-state index in [1.807, 2.05) is 36.7 Å². The number of hydrogen-bond donors (Lipinski definition) is 2. The van der Waals surface area contributed by atoms with Crippen LogP contribution in [0.4, 0.5) is 0 Å². The first-order valence-electron chi connectivity index (χ1n) is 10.8. The number of hydrogen-bond acceptors (Lipinski definition) is 5. The molecule has 0 aliphatic heterocycles. The van der Waals surface area contributed by atoms with Crippen LogP contribution in [-0.4, -0.2) is 33.6 Å². The van der Waals surface area contributed by atoms with E-state index < -0.39 is 0 Å². The summed E-state index contributed by atoms with van der Waals surface area (Å²) in [7, 11) is 0. The van der Waals surface area contributed by atoms with Crippen LogP contribution in [0.1, 0.15) is 62.6 Å². The van der Waals surface area contributed by atoms with E-state index >= 15 is 0 Å². The summed E-state index contributed by atoms with van der Waals surface area (Å²) in [6.45, 7) is 5.16. The number of imidazole rings is 1. The van der Waals surface area contributed by atoms with E-state index in [4.69, 9.17) is 4.42 Å². The van der Waals surface area contributed by atoms with Crippen LogP contribution < -0.4 is 10.7 Å². The second-order valence-electron chi connectivity index (χ2n) is 7.98. The maximum atomic E-state index is 12.7. The highest BCUT2D eigenvalue weighted by Gasteiger charge is 2.28. The minimum absolute atomic E-state index is 0.231. The molecule has 32 heavy (non-hydrogen) atoms. The van der Waals surface area contributed by atoms with Crippen molar-refractivity contribution >= 4 is 17.5 Å². The number of aryl methyl sites for hydroxylation is 3. The van der Waals surface area contributed by atoms with E-state index in [9.17, 15) is 9.59 Å². The van der Waals surface area contributed by atoms with Crippen molar-refractivity contribution in [2.45, 2.75) is 46.1 Å². The van der Waals surface area contributed by atoms with E-state index in [1.54, 1.807) is 24.7 Å². The third-order valence-electron chi connectivity index (χ3n) is 5.58. The SMILES string of the molecule is Cc1ccc(C(=O)N/N=C2\CCCc3oc(C(=O)NCCCn4ccnc4)c(C)c32)cc1. The maximum absolute atomic E-state index is 12.7. The minimum atomic E-state index is -0.262. The molecule has 0 saturated heterocycles. The molecule has 0 atom stereocenters. The molecule has 1 aliphatic rings. The van der Waals surface area contributed by atoms with Gasteiger partial charge >= 0.3 is 0 Å². The molecule has 8 heteroatoms. The van der Waals surface area contributed by atoms with Gasteiger partial charge in [0.05, 0.1) is 12.0 Å². The van der Waals surface area contributed by atoms with Crippen molar-refractivity contribution in [2.75, 3.05) is 6.54 Å². The van der Waals surface area contributed by atoms with Crippen molar-refractivity contribution in [3.63, 3.8) is 0 Å². The van der Waals surface area contributed by atoms with Gasteiger partial charge in [0.1, 0.15) is 5.76 Å². The highest BCUT2D eigenvalue weighted by Crippen LogP contribution is 2.29. The first-order valence-corrected chi connectivity index (χ1v) is 10.8. The number of amides is 2. The van der Waals surface area contributed by atoms with Crippen molar-refractivity contribution in [1.82, 2.24) is 20.3 Å². The second-order valence-corrected chi connectivity index (χ2v) is 7.98. The molecule has 2 aromatic heterocycles. The van der Waals surface area contributed by atoms with Crippen LogP contribution in [0.15, 0.2) is 52.5 Å². The first-order chi connectivity index (χ1) is 15.5. The van der Waals surface area contributed by atoms with Crippen LogP contribution in [0.2, 0.25) is 0 Å². The van der Waals surface area contributed by atoms with Gasteiger partial charge in [-0.25, -0.2) is 10.4 Å². The van der Waals surface area contributed by atoms with E-state index in [0.29, 0.717) is 24.3 Å². The Morgan fingerprint density at radius 3 is 2.72 bits per heavy atom. The van der Waals surface area contributed by atoms with Crippen LogP contribution in [0.5, 0.6) is 0 Å². The number of fused-ring (bicyclic) bond motifs is 1. The number of nitrogens with zero attached hydrogens (tertiary/aromatic N) is 3. The van der Waals surface area contributed by atoms with E-state index in [1.165, 1.54) is 0 Å². The number of nitrogens with one attached hydrogen (secondary N) is 2. The molecule has 0 radical (unpaired) electrons. The lowest BCUT2D eigenvalue weighted by atomic mass is 9.93. The molecule has 0 fully saturated rings. The molecule has 0 unspecified atom stereocenters. The van der Waals surface area contributed by atoms with E-state index in [-0.39, 0.29) is 11.8 Å². The molecule has 8 nitrogen and oxygen atoms in total. The standard InChI is InChI=1S/C24H27N5O3/c1-16-7-9-18(10-8-16)23(30)28-27-19-5-3-6-20-21(19)17(2)22(32-20)24(31)26-11-4-13-29-14-12-25-15-29/h7-10,12,14-15H,3-6,11,13H2,1-2H3,(H,26,31)(H,28,30)/b27-19+. The highest BCUT2D eigenvalue weighted by molar-refractivity contribution is 6.07. The van der Waals surface area contributed by atoms with Crippen molar-refractivity contribution < 1.29 is 14.0 Å². The molecule has 0 bridgehead atoms. The van der Waals surface area contributed by atoms with Crippen LogP contribution in [0.25, 0.3) is 0 Å². The van der Waals surface area contributed by atoms with Crippen LogP contribution >= 0.6 is 0 Å². The van der Waals surface area contributed by atoms with Gasteiger partial charge in [-0.1, -0.05) is 17.7 Å². The normalized spacial score (nSPS) is 14.2. The summed E-state index contributed by atoms with van der Waals surface area (Å²) in [4.78, 5) is 29.1. The molecule has 1 aliphatic carbocycles. The zero-order valence-electron chi connectivity index (χ0n) is 18.4. The summed E-state index contributed by atoms with van der Waals surface area (Å²) in [5.41, 5.74) is 6.63. The monoisotopic (exact) mass is 433 g/mol. The minimum Gasteiger partial charge on any atom is -0.455 e. The molecule has 166 valence electrons. The lowest BCUT2D eigenvalue weighted by Crippen LogP contribution is -2.25. The molecular weight excluding hydrogens is 406 g/mol. The summed E-state index contributed by atoms with van der Waals surface area (Å²) >= 11 is 0. The number of hydrazone groups is 1. The van der Waals surface area contributed by atoms with E-state index in [0.717, 1.165) is 54.0 Å². The number of carbonyl (C=O) groups excluding carboxylic acids is 2. The van der Waals surface area contributed by atoms with Crippen LogP contribution in [-0.2, 0) is 13.0 Å². The zero-order valence-corrected chi connectivity index (χ0v) is 18.4. The number of aromatic nitrogens is 2. The predicted octanol–water partition coefficient (Wildman–Crippen LogP) is 3.38. The Morgan fingerprint density at radius 1 is 1.16 bits per heavy atom. The second kappa shape index (κ2) is 9.64. The summed E-state index contributed by atoms with van der Waals surface area (Å²) in [5, 5.41) is 7.30.